The maximum atomic E-state index is 9.75. The zero-order valence-corrected chi connectivity index (χ0v) is 9.48. The molecule has 0 aliphatic rings. The fraction of sp³-hybridized carbons (Fsp3) is 0.455. The van der Waals surface area contributed by atoms with E-state index in [9.17, 15) is 15.3 Å². The highest BCUT2D eigenvalue weighted by molar-refractivity contribution is 7.80. The maximum Gasteiger partial charge on any atom is 0.121 e. The van der Waals surface area contributed by atoms with Gasteiger partial charge in [-0.2, -0.15) is 12.6 Å². The van der Waals surface area contributed by atoms with Gasteiger partial charge in [-0.05, 0) is 30.7 Å². The summed E-state index contributed by atoms with van der Waals surface area (Å²) in [7, 11) is 0. The molecular weight excluding hydrogens is 212 g/mol. The molecule has 3 nitrogen and oxygen atoms in total. The van der Waals surface area contributed by atoms with Crippen molar-refractivity contribution < 1.29 is 15.3 Å². The number of benzene rings is 1. The Labute approximate surface area is 94.8 Å². The van der Waals surface area contributed by atoms with E-state index in [0.29, 0.717) is 17.7 Å². The van der Waals surface area contributed by atoms with E-state index in [1.807, 2.05) is 6.92 Å². The van der Waals surface area contributed by atoms with Crippen molar-refractivity contribution in [2.75, 3.05) is 5.75 Å². The molecule has 0 aliphatic heterocycles. The van der Waals surface area contributed by atoms with Crippen LogP contribution in [0.3, 0.4) is 0 Å². The van der Waals surface area contributed by atoms with Gasteiger partial charge in [0.15, 0.2) is 0 Å². The van der Waals surface area contributed by atoms with Gasteiger partial charge in [-0.25, -0.2) is 0 Å². The SMILES string of the molecule is Cc1ccc(C(O)C(O)CCS)c(O)c1. The van der Waals surface area contributed by atoms with Gasteiger partial charge < -0.3 is 15.3 Å². The highest BCUT2D eigenvalue weighted by Crippen LogP contribution is 2.28. The molecule has 0 radical (unpaired) electrons. The summed E-state index contributed by atoms with van der Waals surface area (Å²) in [4.78, 5) is 0. The van der Waals surface area contributed by atoms with Gasteiger partial charge in [-0.15, -0.1) is 0 Å². The summed E-state index contributed by atoms with van der Waals surface area (Å²) < 4.78 is 0. The van der Waals surface area contributed by atoms with E-state index in [-0.39, 0.29) is 5.75 Å². The number of hydrogen-bond acceptors (Lipinski definition) is 4. The highest BCUT2D eigenvalue weighted by Gasteiger charge is 2.20. The number of aliphatic hydroxyl groups is 2. The van der Waals surface area contributed by atoms with Crippen LogP contribution in [0.2, 0.25) is 0 Å². The topological polar surface area (TPSA) is 60.7 Å². The number of phenolic OH excluding ortho intramolecular Hbond substituents is 1. The number of aliphatic hydroxyl groups excluding tert-OH is 2. The third kappa shape index (κ3) is 3.12. The van der Waals surface area contributed by atoms with Crippen molar-refractivity contribution in [3.63, 3.8) is 0 Å². The standard InChI is InChI=1S/C11H16O3S/c1-7-2-3-8(10(13)6-7)11(14)9(12)4-5-15/h2-3,6,9,11-15H,4-5H2,1H3. The first-order valence-electron chi connectivity index (χ1n) is 4.82. The van der Waals surface area contributed by atoms with Gasteiger partial charge >= 0.3 is 0 Å². The van der Waals surface area contributed by atoms with Crippen molar-refractivity contribution in [3.8, 4) is 5.75 Å². The Morgan fingerprint density at radius 2 is 2.00 bits per heavy atom. The molecule has 0 saturated heterocycles. The average Bonchev–Trinajstić information content (AvgIpc) is 2.17. The number of thiol groups is 1. The van der Waals surface area contributed by atoms with E-state index >= 15 is 0 Å². The first-order valence-corrected chi connectivity index (χ1v) is 5.46. The molecule has 0 saturated carbocycles. The van der Waals surface area contributed by atoms with Gasteiger partial charge in [-0.1, -0.05) is 12.1 Å². The minimum atomic E-state index is -1.06. The van der Waals surface area contributed by atoms with Crippen molar-refractivity contribution in [2.45, 2.75) is 25.6 Å². The Bertz CT molecular complexity index is 328. The van der Waals surface area contributed by atoms with E-state index in [1.54, 1.807) is 18.2 Å². The summed E-state index contributed by atoms with van der Waals surface area (Å²) in [5.74, 6) is 0.505. The second kappa shape index (κ2) is 5.39. The minimum Gasteiger partial charge on any atom is -0.508 e. The molecule has 0 fully saturated rings. The number of rotatable bonds is 4. The van der Waals surface area contributed by atoms with Crippen LogP contribution >= 0.6 is 12.6 Å². The summed E-state index contributed by atoms with van der Waals surface area (Å²) in [6.45, 7) is 1.85. The molecule has 1 aromatic carbocycles. The largest absolute Gasteiger partial charge is 0.508 e. The van der Waals surface area contributed by atoms with E-state index in [0.717, 1.165) is 5.56 Å². The van der Waals surface area contributed by atoms with E-state index in [4.69, 9.17) is 0 Å². The van der Waals surface area contributed by atoms with E-state index < -0.39 is 12.2 Å². The average molecular weight is 228 g/mol. The zero-order chi connectivity index (χ0) is 11.4. The van der Waals surface area contributed by atoms with Crippen LogP contribution in [0.1, 0.15) is 23.7 Å². The molecule has 2 atom stereocenters. The number of hydrogen-bond donors (Lipinski definition) is 4. The van der Waals surface area contributed by atoms with Crippen LogP contribution in [0, 0.1) is 6.92 Å². The van der Waals surface area contributed by atoms with Crippen LogP contribution in [-0.2, 0) is 0 Å². The van der Waals surface area contributed by atoms with Crippen molar-refractivity contribution in [1.82, 2.24) is 0 Å². The van der Waals surface area contributed by atoms with Crippen LogP contribution < -0.4 is 0 Å². The Balaban J connectivity index is 2.86. The summed E-state index contributed by atoms with van der Waals surface area (Å²) in [5, 5.41) is 28.9. The molecule has 1 rings (SSSR count). The third-order valence-electron chi connectivity index (χ3n) is 2.29. The van der Waals surface area contributed by atoms with E-state index in [1.165, 1.54) is 0 Å². The lowest BCUT2D eigenvalue weighted by molar-refractivity contribution is 0.0159. The smallest absolute Gasteiger partial charge is 0.121 e. The van der Waals surface area contributed by atoms with Crippen LogP contribution in [0.25, 0.3) is 0 Å². The Morgan fingerprint density at radius 3 is 2.53 bits per heavy atom. The van der Waals surface area contributed by atoms with Crippen LogP contribution in [0.15, 0.2) is 18.2 Å². The normalized spacial score (nSPS) is 14.9. The number of aromatic hydroxyl groups is 1. The quantitative estimate of drug-likeness (QED) is 0.589. The first-order chi connectivity index (χ1) is 7.06. The molecule has 84 valence electrons. The van der Waals surface area contributed by atoms with Crippen molar-refractivity contribution in [1.29, 1.82) is 0 Å². The fourth-order valence-electron chi connectivity index (χ4n) is 1.40. The molecule has 0 amide bonds. The molecule has 0 spiro atoms. The minimum absolute atomic E-state index is 0.0146. The second-order valence-corrected chi connectivity index (χ2v) is 4.03. The first kappa shape index (κ1) is 12.4. The van der Waals surface area contributed by atoms with Crippen molar-refractivity contribution in [3.05, 3.63) is 29.3 Å². The molecule has 1 aromatic rings. The Morgan fingerprint density at radius 1 is 1.33 bits per heavy atom. The molecule has 0 aromatic heterocycles. The van der Waals surface area contributed by atoms with Gasteiger partial charge in [0, 0.05) is 5.56 Å². The molecule has 2 unspecified atom stereocenters. The van der Waals surface area contributed by atoms with Gasteiger partial charge in [0.2, 0.25) is 0 Å². The van der Waals surface area contributed by atoms with Crippen LogP contribution in [0.5, 0.6) is 5.75 Å². The number of aryl methyl sites for hydroxylation is 1. The van der Waals surface area contributed by atoms with Crippen LogP contribution in [-0.4, -0.2) is 27.2 Å². The molecule has 3 N–H and O–H groups in total. The summed E-state index contributed by atoms with van der Waals surface area (Å²) >= 11 is 3.98. The highest BCUT2D eigenvalue weighted by atomic mass is 32.1. The molecule has 0 heterocycles. The van der Waals surface area contributed by atoms with Crippen molar-refractivity contribution in [2.24, 2.45) is 0 Å². The Hall–Kier alpha value is -0.710. The third-order valence-corrected chi connectivity index (χ3v) is 2.55. The van der Waals surface area contributed by atoms with Crippen LogP contribution in [0.4, 0.5) is 0 Å². The lowest BCUT2D eigenvalue weighted by atomic mass is 10.0. The van der Waals surface area contributed by atoms with Gasteiger partial charge in [0.05, 0.1) is 6.10 Å². The molecule has 15 heavy (non-hydrogen) atoms. The predicted octanol–water partition coefficient (Wildman–Crippen LogP) is 1.41. The van der Waals surface area contributed by atoms with Crippen molar-refractivity contribution >= 4 is 12.6 Å². The summed E-state index contributed by atoms with van der Waals surface area (Å²) in [5.41, 5.74) is 1.27. The number of phenols is 1. The second-order valence-electron chi connectivity index (χ2n) is 3.59. The summed E-state index contributed by atoms with van der Waals surface area (Å²) in [6, 6.07) is 4.97. The fourth-order valence-corrected chi connectivity index (χ4v) is 1.67. The monoisotopic (exact) mass is 228 g/mol. The van der Waals surface area contributed by atoms with Gasteiger partial charge in [0.1, 0.15) is 11.9 Å². The summed E-state index contributed by atoms with van der Waals surface area (Å²) in [6.07, 6.45) is -1.56. The van der Waals surface area contributed by atoms with Gasteiger partial charge in [0.25, 0.3) is 0 Å². The molecule has 0 aliphatic carbocycles. The predicted molar refractivity (Wildman–Crippen MR) is 62.3 cm³/mol. The van der Waals surface area contributed by atoms with E-state index in [2.05, 4.69) is 12.6 Å². The molecular formula is C11H16O3S. The Kier molecular flexibility index (Phi) is 4.45. The zero-order valence-electron chi connectivity index (χ0n) is 8.59. The maximum absolute atomic E-state index is 9.75. The lowest BCUT2D eigenvalue weighted by Crippen LogP contribution is -2.18. The van der Waals surface area contributed by atoms with Gasteiger partial charge in [-0.3, -0.25) is 0 Å². The lowest BCUT2D eigenvalue weighted by Gasteiger charge is -2.18. The molecule has 0 bridgehead atoms. The molecule has 4 heteroatoms.